The second-order valence-corrected chi connectivity index (χ2v) is 7.96. The van der Waals surface area contributed by atoms with Crippen molar-refractivity contribution in [2.24, 2.45) is 0 Å². The van der Waals surface area contributed by atoms with Crippen LogP contribution >= 0.6 is 0 Å². The molecule has 0 spiro atoms. The van der Waals surface area contributed by atoms with Gasteiger partial charge < -0.3 is 9.73 Å². The Hall–Kier alpha value is -3.00. The Bertz CT molecular complexity index is 1130. The fraction of sp³-hybridized carbons (Fsp3) is 0.167. The van der Waals surface area contributed by atoms with Crippen LogP contribution in [-0.4, -0.2) is 5.54 Å². The van der Waals surface area contributed by atoms with Gasteiger partial charge in [0, 0.05) is 22.1 Å². The Balaban J connectivity index is 1.86. The van der Waals surface area contributed by atoms with Crippen LogP contribution < -0.4 is 5.32 Å². The molecule has 0 bridgehead atoms. The number of benzene rings is 3. The summed E-state index contributed by atoms with van der Waals surface area (Å²) >= 11 is 0. The molecule has 5 rings (SSSR count). The summed E-state index contributed by atoms with van der Waals surface area (Å²) < 4.78 is 6.45. The second kappa shape index (κ2) is 5.25. The summed E-state index contributed by atoms with van der Waals surface area (Å²) in [6.45, 7) is 6.47. The van der Waals surface area contributed by atoms with Gasteiger partial charge in [0.2, 0.25) is 5.88 Å². The summed E-state index contributed by atoms with van der Waals surface area (Å²) in [4.78, 5) is 0. The molecule has 0 radical (unpaired) electrons. The number of anilines is 1. The average molecular weight is 339 g/mol. The first-order valence-electron chi connectivity index (χ1n) is 9.06. The van der Waals surface area contributed by atoms with Gasteiger partial charge in [-0.15, -0.1) is 0 Å². The molecule has 0 aliphatic heterocycles. The van der Waals surface area contributed by atoms with Crippen LogP contribution in [-0.2, 0) is 0 Å². The first kappa shape index (κ1) is 15.3. The summed E-state index contributed by atoms with van der Waals surface area (Å²) in [6.07, 6.45) is 0. The number of fused-ring (bicyclic) bond motifs is 3. The van der Waals surface area contributed by atoms with E-state index in [0.717, 1.165) is 17.2 Å². The molecule has 1 aliphatic carbocycles. The van der Waals surface area contributed by atoms with Crippen molar-refractivity contribution in [1.82, 2.24) is 0 Å². The zero-order valence-corrected chi connectivity index (χ0v) is 15.3. The number of hydrogen-bond donors (Lipinski definition) is 1. The molecule has 26 heavy (non-hydrogen) atoms. The molecule has 0 atom stereocenters. The second-order valence-electron chi connectivity index (χ2n) is 7.96. The molecule has 1 aromatic heterocycles. The summed E-state index contributed by atoms with van der Waals surface area (Å²) in [5.74, 6) is 1.82. The van der Waals surface area contributed by atoms with E-state index in [1.54, 1.807) is 0 Å². The van der Waals surface area contributed by atoms with Gasteiger partial charge in [-0.3, -0.25) is 0 Å². The Morgan fingerprint density at radius 3 is 2.12 bits per heavy atom. The standard InChI is InChI=1S/C24H21NO/c1-24(2,3)25-23-20(16-9-5-4-6-10-16)21-17-13-7-11-15-12-8-14-18(19(15)17)22(21)26-23/h4-14,25H,1-3H3. The lowest BCUT2D eigenvalue weighted by Crippen LogP contribution is -2.26. The van der Waals surface area contributed by atoms with Crippen molar-refractivity contribution >= 4 is 16.7 Å². The van der Waals surface area contributed by atoms with Crippen molar-refractivity contribution in [2.45, 2.75) is 26.3 Å². The highest BCUT2D eigenvalue weighted by Gasteiger charge is 2.32. The monoisotopic (exact) mass is 339 g/mol. The molecule has 128 valence electrons. The van der Waals surface area contributed by atoms with Crippen molar-refractivity contribution in [2.75, 3.05) is 5.32 Å². The lowest BCUT2D eigenvalue weighted by atomic mass is 9.97. The molecule has 0 fully saturated rings. The van der Waals surface area contributed by atoms with Gasteiger partial charge in [-0.25, -0.2) is 0 Å². The van der Waals surface area contributed by atoms with E-state index in [9.17, 15) is 0 Å². The molecule has 2 nitrogen and oxygen atoms in total. The maximum absolute atomic E-state index is 6.45. The molecular weight excluding hydrogens is 318 g/mol. The summed E-state index contributed by atoms with van der Waals surface area (Å²) in [5, 5.41) is 6.13. The molecule has 1 N–H and O–H groups in total. The molecule has 2 heteroatoms. The fourth-order valence-electron chi connectivity index (χ4n) is 3.93. The van der Waals surface area contributed by atoms with Gasteiger partial charge in [-0.2, -0.15) is 0 Å². The summed E-state index contributed by atoms with van der Waals surface area (Å²) in [6, 6.07) is 23.5. The van der Waals surface area contributed by atoms with Crippen molar-refractivity contribution in [3.8, 4) is 33.6 Å². The fourth-order valence-corrected chi connectivity index (χ4v) is 3.93. The third-order valence-corrected chi connectivity index (χ3v) is 4.88. The molecule has 1 heterocycles. The minimum atomic E-state index is -0.0827. The number of hydrogen-bond acceptors (Lipinski definition) is 2. The van der Waals surface area contributed by atoms with E-state index in [1.807, 2.05) is 0 Å². The van der Waals surface area contributed by atoms with Crippen LogP contribution in [0.25, 0.3) is 44.3 Å². The minimum absolute atomic E-state index is 0.0827. The largest absolute Gasteiger partial charge is 0.439 e. The van der Waals surface area contributed by atoms with E-state index in [2.05, 4.69) is 92.8 Å². The maximum atomic E-state index is 6.45. The highest BCUT2D eigenvalue weighted by Crippen LogP contribution is 2.55. The molecule has 0 amide bonds. The van der Waals surface area contributed by atoms with Crippen LogP contribution in [0.1, 0.15) is 20.8 Å². The van der Waals surface area contributed by atoms with E-state index in [-0.39, 0.29) is 5.54 Å². The summed E-state index contributed by atoms with van der Waals surface area (Å²) in [7, 11) is 0. The molecule has 3 aromatic carbocycles. The number of nitrogens with one attached hydrogen (secondary N) is 1. The van der Waals surface area contributed by atoms with E-state index >= 15 is 0 Å². The van der Waals surface area contributed by atoms with Gasteiger partial charge in [-0.05, 0) is 37.3 Å². The Morgan fingerprint density at radius 1 is 0.731 bits per heavy atom. The first-order valence-corrected chi connectivity index (χ1v) is 9.06. The Kier molecular flexibility index (Phi) is 3.08. The van der Waals surface area contributed by atoms with Crippen LogP contribution in [0.15, 0.2) is 71.1 Å². The first-order chi connectivity index (χ1) is 12.5. The van der Waals surface area contributed by atoms with Crippen LogP contribution in [0.5, 0.6) is 0 Å². The normalized spacial score (nSPS) is 12.4. The zero-order valence-electron chi connectivity index (χ0n) is 15.3. The van der Waals surface area contributed by atoms with Crippen molar-refractivity contribution in [3.05, 3.63) is 66.7 Å². The topological polar surface area (TPSA) is 25.2 Å². The highest BCUT2D eigenvalue weighted by atomic mass is 16.4. The molecule has 4 aromatic rings. The number of furan rings is 1. The molecule has 0 saturated carbocycles. The smallest absolute Gasteiger partial charge is 0.202 e. The van der Waals surface area contributed by atoms with Gasteiger partial charge >= 0.3 is 0 Å². The Labute approximate surface area is 153 Å². The van der Waals surface area contributed by atoms with Gasteiger partial charge in [0.15, 0.2) is 0 Å². The minimum Gasteiger partial charge on any atom is -0.439 e. The molecule has 0 unspecified atom stereocenters. The van der Waals surface area contributed by atoms with Gasteiger partial charge in [0.05, 0.1) is 5.56 Å². The lowest BCUT2D eigenvalue weighted by molar-refractivity contribution is 0.550. The molecule has 0 saturated heterocycles. The van der Waals surface area contributed by atoms with E-state index in [4.69, 9.17) is 4.42 Å². The SMILES string of the molecule is CC(C)(C)Nc1oc2c(c1-c1ccccc1)-c1cccc3cccc-2c13. The Morgan fingerprint density at radius 2 is 1.42 bits per heavy atom. The predicted molar refractivity (Wildman–Crippen MR) is 109 cm³/mol. The lowest BCUT2D eigenvalue weighted by Gasteiger charge is -2.21. The molecule has 1 aliphatic rings. The van der Waals surface area contributed by atoms with Crippen molar-refractivity contribution in [1.29, 1.82) is 0 Å². The van der Waals surface area contributed by atoms with Gasteiger partial charge in [0.1, 0.15) is 5.76 Å². The van der Waals surface area contributed by atoms with Crippen molar-refractivity contribution < 1.29 is 4.42 Å². The third kappa shape index (κ3) is 2.19. The zero-order chi connectivity index (χ0) is 17.9. The quantitative estimate of drug-likeness (QED) is 0.376. The predicted octanol–water partition coefficient (Wildman–Crippen LogP) is 6.96. The van der Waals surface area contributed by atoms with E-state index in [1.165, 1.54) is 33.0 Å². The van der Waals surface area contributed by atoms with Crippen LogP contribution in [0, 0.1) is 0 Å². The summed E-state index contributed by atoms with van der Waals surface area (Å²) in [5.41, 5.74) is 5.90. The molecular formula is C24H21NO. The van der Waals surface area contributed by atoms with Gasteiger partial charge in [-0.1, -0.05) is 66.7 Å². The number of rotatable bonds is 2. The third-order valence-electron chi connectivity index (χ3n) is 4.88. The van der Waals surface area contributed by atoms with E-state index < -0.39 is 0 Å². The van der Waals surface area contributed by atoms with E-state index in [0.29, 0.717) is 0 Å². The van der Waals surface area contributed by atoms with Crippen LogP contribution in [0.3, 0.4) is 0 Å². The van der Waals surface area contributed by atoms with Crippen LogP contribution in [0.2, 0.25) is 0 Å². The van der Waals surface area contributed by atoms with Gasteiger partial charge in [0.25, 0.3) is 0 Å². The maximum Gasteiger partial charge on any atom is 0.202 e. The van der Waals surface area contributed by atoms with Crippen molar-refractivity contribution in [3.63, 3.8) is 0 Å². The average Bonchev–Trinajstić information content (AvgIpc) is 3.12. The van der Waals surface area contributed by atoms with Crippen LogP contribution in [0.4, 0.5) is 5.88 Å². The highest BCUT2D eigenvalue weighted by molar-refractivity contribution is 6.18.